The zero-order valence-corrected chi connectivity index (χ0v) is 10.5. The molecule has 0 spiro atoms. The summed E-state index contributed by atoms with van der Waals surface area (Å²) in [5.41, 5.74) is 1.04. The van der Waals surface area contributed by atoms with Crippen molar-refractivity contribution in [3.05, 3.63) is 42.2 Å². The molecule has 1 atom stereocenters. The van der Waals surface area contributed by atoms with E-state index in [1.54, 1.807) is 31.2 Å². The lowest BCUT2D eigenvalue weighted by Gasteiger charge is -2.09. The summed E-state index contributed by atoms with van der Waals surface area (Å²) < 4.78 is 26.2. The van der Waals surface area contributed by atoms with Crippen molar-refractivity contribution in [3.8, 4) is 0 Å². The van der Waals surface area contributed by atoms with Crippen molar-refractivity contribution in [2.24, 2.45) is 0 Å². The van der Waals surface area contributed by atoms with E-state index in [2.05, 4.69) is 14.9 Å². The Morgan fingerprint density at radius 1 is 1.44 bits per heavy atom. The first kappa shape index (κ1) is 12.6. The second-order valence-electron chi connectivity index (χ2n) is 3.84. The first-order chi connectivity index (χ1) is 8.49. The van der Waals surface area contributed by atoms with E-state index in [1.165, 1.54) is 12.4 Å². The number of anilines is 1. The number of nitrogens with zero attached hydrogens (tertiary/aromatic N) is 1. The molecule has 3 N–H and O–H groups in total. The van der Waals surface area contributed by atoms with Crippen LogP contribution in [-0.4, -0.2) is 23.7 Å². The van der Waals surface area contributed by atoms with Crippen LogP contribution in [0.4, 0.5) is 5.69 Å². The molecule has 1 aromatic carbocycles. The molecule has 1 heterocycles. The number of aromatic nitrogens is 2. The highest BCUT2D eigenvalue weighted by Gasteiger charge is 2.15. The SMILES string of the molecule is CC(O)c1cccc(NS(=O)(=O)c2cn[nH]c2)c1. The smallest absolute Gasteiger partial charge is 0.265 e. The van der Waals surface area contributed by atoms with Gasteiger partial charge in [0.05, 0.1) is 12.3 Å². The van der Waals surface area contributed by atoms with Crippen molar-refractivity contribution < 1.29 is 13.5 Å². The van der Waals surface area contributed by atoms with E-state index in [9.17, 15) is 13.5 Å². The number of hydrogen-bond acceptors (Lipinski definition) is 4. The van der Waals surface area contributed by atoms with Gasteiger partial charge in [-0.3, -0.25) is 9.82 Å². The second kappa shape index (κ2) is 4.79. The molecular weight excluding hydrogens is 254 g/mol. The minimum absolute atomic E-state index is 0.0601. The minimum Gasteiger partial charge on any atom is -0.389 e. The van der Waals surface area contributed by atoms with Crippen LogP contribution >= 0.6 is 0 Å². The number of nitrogens with one attached hydrogen (secondary N) is 2. The fraction of sp³-hybridized carbons (Fsp3) is 0.182. The molecule has 2 aromatic rings. The van der Waals surface area contributed by atoms with Crippen molar-refractivity contribution in [3.63, 3.8) is 0 Å². The lowest BCUT2D eigenvalue weighted by molar-refractivity contribution is 0.199. The molecule has 7 heteroatoms. The molecular formula is C11H13N3O3S. The van der Waals surface area contributed by atoms with Crippen LogP contribution in [-0.2, 0) is 10.0 Å². The predicted octanol–water partition coefficient (Wildman–Crippen LogP) is 1.26. The standard InChI is InChI=1S/C11H13N3O3S/c1-8(15)9-3-2-4-10(5-9)14-18(16,17)11-6-12-13-7-11/h2-8,14-15H,1H3,(H,12,13). The first-order valence-corrected chi connectivity index (χ1v) is 6.77. The third kappa shape index (κ3) is 2.69. The van der Waals surface area contributed by atoms with E-state index in [4.69, 9.17) is 0 Å². The van der Waals surface area contributed by atoms with Crippen LogP contribution in [0.1, 0.15) is 18.6 Å². The number of hydrogen-bond donors (Lipinski definition) is 3. The van der Waals surface area contributed by atoms with E-state index in [0.717, 1.165) is 0 Å². The molecule has 96 valence electrons. The summed E-state index contributed by atoms with van der Waals surface area (Å²) in [7, 11) is -3.64. The third-order valence-electron chi connectivity index (χ3n) is 2.40. The maximum Gasteiger partial charge on any atom is 0.265 e. The van der Waals surface area contributed by atoms with Crippen molar-refractivity contribution >= 4 is 15.7 Å². The Morgan fingerprint density at radius 3 is 2.83 bits per heavy atom. The Labute approximate surface area is 105 Å². The number of rotatable bonds is 4. The van der Waals surface area contributed by atoms with Gasteiger partial charge >= 0.3 is 0 Å². The molecule has 0 aliphatic rings. The van der Waals surface area contributed by atoms with Crippen LogP contribution in [0, 0.1) is 0 Å². The quantitative estimate of drug-likeness (QED) is 0.777. The summed E-state index contributed by atoms with van der Waals surface area (Å²) in [6, 6.07) is 6.60. The molecule has 0 amide bonds. The van der Waals surface area contributed by atoms with Gasteiger partial charge in [0.1, 0.15) is 4.90 Å². The molecule has 0 saturated carbocycles. The van der Waals surface area contributed by atoms with Crippen molar-refractivity contribution in [2.45, 2.75) is 17.9 Å². The Bertz CT molecular complexity index is 621. The third-order valence-corrected chi connectivity index (χ3v) is 3.75. The molecule has 0 bridgehead atoms. The molecule has 1 aromatic heterocycles. The Kier molecular flexibility index (Phi) is 3.35. The van der Waals surface area contributed by atoms with Crippen molar-refractivity contribution in [1.82, 2.24) is 10.2 Å². The number of aliphatic hydroxyl groups excluding tert-OH is 1. The van der Waals surface area contributed by atoms with Crippen LogP contribution in [0.25, 0.3) is 0 Å². The summed E-state index contributed by atoms with van der Waals surface area (Å²) in [5, 5.41) is 15.5. The van der Waals surface area contributed by atoms with Gasteiger partial charge in [0.15, 0.2) is 0 Å². The fourth-order valence-electron chi connectivity index (χ4n) is 1.46. The van der Waals surface area contributed by atoms with Gasteiger partial charge in [0.2, 0.25) is 0 Å². The van der Waals surface area contributed by atoms with Gasteiger partial charge in [0.25, 0.3) is 10.0 Å². The average Bonchev–Trinajstić information content (AvgIpc) is 2.82. The molecule has 6 nitrogen and oxygen atoms in total. The maximum atomic E-state index is 11.9. The molecule has 0 saturated heterocycles. The molecule has 18 heavy (non-hydrogen) atoms. The zero-order chi connectivity index (χ0) is 13.2. The number of sulfonamides is 1. The van der Waals surface area contributed by atoms with Gasteiger partial charge < -0.3 is 5.11 Å². The van der Waals surface area contributed by atoms with Gasteiger partial charge in [-0.25, -0.2) is 8.42 Å². The number of H-pyrrole nitrogens is 1. The van der Waals surface area contributed by atoms with Crippen LogP contribution in [0.2, 0.25) is 0 Å². The molecule has 0 fully saturated rings. The highest BCUT2D eigenvalue weighted by Crippen LogP contribution is 2.19. The molecule has 0 aliphatic heterocycles. The maximum absolute atomic E-state index is 11.9. The van der Waals surface area contributed by atoms with Gasteiger partial charge in [-0.15, -0.1) is 0 Å². The Balaban J connectivity index is 2.27. The second-order valence-corrected chi connectivity index (χ2v) is 5.52. The predicted molar refractivity (Wildman–Crippen MR) is 66.5 cm³/mol. The summed E-state index contributed by atoms with van der Waals surface area (Å²) in [4.78, 5) is 0.0601. The molecule has 1 unspecified atom stereocenters. The van der Waals surface area contributed by atoms with E-state index in [0.29, 0.717) is 11.3 Å². The van der Waals surface area contributed by atoms with Gasteiger partial charge in [-0.1, -0.05) is 12.1 Å². The topological polar surface area (TPSA) is 95.1 Å². The van der Waals surface area contributed by atoms with Gasteiger partial charge in [-0.2, -0.15) is 5.10 Å². The molecule has 0 aliphatic carbocycles. The highest BCUT2D eigenvalue weighted by atomic mass is 32.2. The Hall–Kier alpha value is -1.86. The van der Waals surface area contributed by atoms with Crippen LogP contribution in [0.3, 0.4) is 0 Å². The lowest BCUT2D eigenvalue weighted by atomic mass is 10.1. The largest absolute Gasteiger partial charge is 0.389 e. The van der Waals surface area contributed by atoms with E-state index in [1.807, 2.05) is 0 Å². The van der Waals surface area contributed by atoms with Crippen LogP contribution in [0.5, 0.6) is 0 Å². The summed E-state index contributed by atoms with van der Waals surface area (Å²) in [6.45, 7) is 1.61. The van der Waals surface area contributed by atoms with E-state index in [-0.39, 0.29) is 4.90 Å². The van der Waals surface area contributed by atoms with Crippen LogP contribution in [0.15, 0.2) is 41.6 Å². The normalized spacial score (nSPS) is 13.2. The number of benzene rings is 1. The van der Waals surface area contributed by atoms with E-state index >= 15 is 0 Å². The van der Waals surface area contributed by atoms with E-state index < -0.39 is 16.1 Å². The van der Waals surface area contributed by atoms with Gasteiger partial charge in [-0.05, 0) is 24.6 Å². The average molecular weight is 267 g/mol. The minimum atomic E-state index is -3.64. The number of aromatic amines is 1. The highest BCUT2D eigenvalue weighted by molar-refractivity contribution is 7.92. The molecule has 0 radical (unpaired) electrons. The van der Waals surface area contributed by atoms with Gasteiger partial charge in [0, 0.05) is 11.9 Å². The summed E-state index contributed by atoms with van der Waals surface area (Å²) in [6.07, 6.45) is 1.87. The lowest BCUT2D eigenvalue weighted by Crippen LogP contribution is -2.12. The fourth-order valence-corrected chi connectivity index (χ4v) is 2.42. The summed E-state index contributed by atoms with van der Waals surface area (Å²) in [5.74, 6) is 0. The monoisotopic (exact) mass is 267 g/mol. The zero-order valence-electron chi connectivity index (χ0n) is 9.66. The van der Waals surface area contributed by atoms with Crippen molar-refractivity contribution in [2.75, 3.05) is 4.72 Å². The van der Waals surface area contributed by atoms with Crippen molar-refractivity contribution in [1.29, 1.82) is 0 Å². The Morgan fingerprint density at radius 2 is 2.22 bits per heavy atom. The summed E-state index contributed by atoms with van der Waals surface area (Å²) >= 11 is 0. The first-order valence-electron chi connectivity index (χ1n) is 5.29. The van der Waals surface area contributed by atoms with Crippen LogP contribution < -0.4 is 4.72 Å². The number of aliphatic hydroxyl groups is 1. The molecule has 2 rings (SSSR count).